The van der Waals surface area contributed by atoms with E-state index in [4.69, 9.17) is 0 Å². The van der Waals surface area contributed by atoms with Crippen LogP contribution in [0.2, 0.25) is 0 Å². The van der Waals surface area contributed by atoms with Crippen LogP contribution in [0.15, 0.2) is 41.8 Å². The minimum Gasteiger partial charge on any atom is -0.464 e. The first-order valence-electron chi connectivity index (χ1n) is 8.03. The Hall–Kier alpha value is -3.33. The summed E-state index contributed by atoms with van der Waals surface area (Å²) in [5, 5.41) is 16.2. The summed E-state index contributed by atoms with van der Waals surface area (Å²) in [6, 6.07) is 11.0. The van der Waals surface area contributed by atoms with Gasteiger partial charge in [0.2, 0.25) is 5.91 Å². The predicted molar refractivity (Wildman–Crippen MR) is 102 cm³/mol. The van der Waals surface area contributed by atoms with Gasteiger partial charge in [-0.25, -0.2) is 9.78 Å². The Labute approximate surface area is 159 Å². The van der Waals surface area contributed by atoms with Crippen molar-refractivity contribution in [3.8, 4) is 11.3 Å². The van der Waals surface area contributed by atoms with Crippen molar-refractivity contribution in [3.05, 3.63) is 53.0 Å². The lowest BCUT2D eigenvalue weighted by Crippen LogP contribution is -2.18. The van der Waals surface area contributed by atoms with Crippen LogP contribution >= 0.6 is 11.3 Å². The summed E-state index contributed by atoms with van der Waals surface area (Å²) in [6.07, 6.45) is 0. The number of anilines is 2. The van der Waals surface area contributed by atoms with Crippen molar-refractivity contribution in [2.24, 2.45) is 0 Å². The van der Waals surface area contributed by atoms with Crippen molar-refractivity contribution in [1.82, 2.24) is 20.5 Å². The summed E-state index contributed by atoms with van der Waals surface area (Å²) in [6.45, 7) is 1.99. The fourth-order valence-corrected chi connectivity index (χ4v) is 2.93. The second-order valence-corrected chi connectivity index (χ2v) is 6.42. The number of benzene rings is 1. The van der Waals surface area contributed by atoms with E-state index in [1.165, 1.54) is 31.4 Å². The zero-order valence-electron chi connectivity index (χ0n) is 14.7. The van der Waals surface area contributed by atoms with E-state index in [9.17, 15) is 9.59 Å². The smallest absolute Gasteiger partial charge is 0.358 e. The van der Waals surface area contributed by atoms with E-state index in [1.54, 1.807) is 6.07 Å². The lowest BCUT2D eigenvalue weighted by Gasteiger charge is -2.04. The summed E-state index contributed by atoms with van der Waals surface area (Å²) in [4.78, 5) is 26.9. The molecule has 0 saturated heterocycles. The molecule has 27 heavy (non-hydrogen) atoms. The molecule has 9 heteroatoms. The molecule has 138 valence electrons. The number of carbonyl (C=O) groups excluding carboxylic acids is 2. The number of esters is 1. The fraction of sp³-hybridized carbons (Fsp3) is 0.167. The van der Waals surface area contributed by atoms with Crippen molar-refractivity contribution in [2.75, 3.05) is 12.4 Å². The van der Waals surface area contributed by atoms with Gasteiger partial charge in [0.15, 0.2) is 16.6 Å². The molecule has 0 radical (unpaired) electrons. The van der Waals surface area contributed by atoms with Gasteiger partial charge >= 0.3 is 5.97 Å². The van der Waals surface area contributed by atoms with Crippen LogP contribution in [0.25, 0.3) is 11.3 Å². The van der Waals surface area contributed by atoms with E-state index in [0.29, 0.717) is 17.5 Å². The van der Waals surface area contributed by atoms with Gasteiger partial charge in [-0.05, 0) is 17.7 Å². The molecule has 2 N–H and O–H groups in total. The van der Waals surface area contributed by atoms with Crippen molar-refractivity contribution in [3.63, 3.8) is 0 Å². The van der Waals surface area contributed by atoms with Crippen molar-refractivity contribution in [2.45, 2.75) is 13.5 Å². The average Bonchev–Trinajstić information content (AvgIpc) is 3.15. The molecule has 0 aliphatic carbocycles. The summed E-state index contributed by atoms with van der Waals surface area (Å²) < 4.78 is 4.59. The Kier molecular flexibility index (Phi) is 5.72. The molecule has 8 nitrogen and oxygen atoms in total. The molecule has 1 amide bonds. The maximum absolute atomic E-state index is 11.4. The summed E-state index contributed by atoms with van der Waals surface area (Å²) in [5.74, 6) is -0.112. The van der Waals surface area contributed by atoms with Gasteiger partial charge in [-0.1, -0.05) is 24.3 Å². The van der Waals surface area contributed by atoms with Crippen LogP contribution in [0.1, 0.15) is 23.0 Å². The normalized spacial score (nSPS) is 10.3. The Balaban J connectivity index is 1.66. The van der Waals surface area contributed by atoms with Crippen LogP contribution in [0.4, 0.5) is 10.9 Å². The van der Waals surface area contributed by atoms with E-state index >= 15 is 0 Å². The van der Waals surface area contributed by atoms with Crippen LogP contribution in [0, 0.1) is 0 Å². The van der Waals surface area contributed by atoms with Crippen molar-refractivity contribution >= 4 is 34.2 Å². The van der Waals surface area contributed by atoms with E-state index in [2.05, 4.69) is 30.6 Å². The first kappa shape index (κ1) is 18.5. The Morgan fingerprint density at radius 1 is 1.11 bits per heavy atom. The standard InChI is InChI=1S/C18H17N5O3S/c1-11(24)19-9-12-3-5-13(6-4-12)15-10-27-18(20-15)21-16-8-7-14(22-23-16)17(25)26-2/h3-8,10H,9H2,1-2H3,(H,19,24)(H,20,21,23). The SMILES string of the molecule is COC(=O)c1ccc(Nc2nc(-c3ccc(CNC(C)=O)cc3)cs2)nn1. The third-order valence-electron chi connectivity index (χ3n) is 3.59. The van der Waals surface area contributed by atoms with E-state index in [0.717, 1.165) is 16.8 Å². The number of rotatable bonds is 6. The first-order chi connectivity index (χ1) is 13.0. The number of amides is 1. The zero-order valence-corrected chi connectivity index (χ0v) is 15.5. The molecular formula is C18H17N5O3S. The number of thiazole rings is 1. The Morgan fingerprint density at radius 2 is 1.89 bits per heavy atom. The topological polar surface area (TPSA) is 106 Å². The molecule has 3 aromatic rings. The molecule has 0 spiro atoms. The molecule has 1 aromatic carbocycles. The van der Waals surface area contributed by atoms with Crippen LogP contribution in [0.3, 0.4) is 0 Å². The molecule has 0 bridgehead atoms. The van der Waals surface area contributed by atoms with Crippen LogP contribution in [0.5, 0.6) is 0 Å². The van der Waals surface area contributed by atoms with Gasteiger partial charge in [-0.2, -0.15) is 0 Å². The van der Waals surface area contributed by atoms with Gasteiger partial charge in [0, 0.05) is 24.4 Å². The third kappa shape index (κ3) is 4.85. The maximum Gasteiger partial charge on any atom is 0.358 e. The van der Waals surface area contributed by atoms with Crippen molar-refractivity contribution in [1.29, 1.82) is 0 Å². The molecule has 0 saturated carbocycles. The molecule has 3 rings (SSSR count). The van der Waals surface area contributed by atoms with E-state index < -0.39 is 5.97 Å². The second-order valence-electron chi connectivity index (χ2n) is 5.56. The van der Waals surface area contributed by atoms with E-state index in [-0.39, 0.29) is 11.6 Å². The number of methoxy groups -OCH3 is 1. The van der Waals surface area contributed by atoms with Gasteiger partial charge in [-0.15, -0.1) is 21.5 Å². The first-order valence-corrected chi connectivity index (χ1v) is 8.91. The fourth-order valence-electron chi connectivity index (χ4n) is 2.21. The minimum atomic E-state index is -0.535. The number of hydrogen-bond donors (Lipinski definition) is 2. The van der Waals surface area contributed by atoms with Crippen LogP contribution < -0.4 is 10.6 Å². The number of nitrogens with one attached hydrogen (secondary N) is 2. The number of carbonyl (C=O) groups is 2. The summed E-state index contributed by atoms with van der Waals surface area (Å²) in [7, 11) is 1.29. The lowest BCUT2D eigenvalue weighted by molar-refractivity contribution is -0.119. The Bertz CT molecular complexity index is 938. The average molecular weight is 383 g/mol. The Morgan fingerprint density at radius 3 is 2.52 bits per heavy atom. The number of hydrogen-bond acceptors (Lipinski definition) is 8. The predicted octanol–water partition coefficient (Wildman–Crippen LogP) is 2.77. The van der Waals surface area contributed by atoms with Gasteiger partial charge in [0.05, 0.1) is 12.8 Å². The molecule has 0 atom stereocenters. The molecule has 0 unspecified atom stereocenters. The van der Waals surface area contributed by atoms with Gasteiger partial charge in [0.1, 0.15) is 0 Å². The van der Waals surface area contributed by atoms with Gasteiger partial charge < -0.3 is 15.4 Å². The minimum absolute atomic E-state index is 0.0583. The zero-order chi connectivity index (χ0) is 19.2. The molecule has 0 aliphatic rings. The quantitative estimate of drug-likeness (QED) is 0.630. The highest BCUT2D eigenvalue weighted by molar-refractivity contribution is 7.14. The van der Waals surface area contributed by atoms with Crippen LogP contribution in [-0.4, -0.2) is 34.2 Å². The molecule has 2 aromatic heterocycles. The maximum atomic E-state index is 11.4. The lowest BCUT2D eigenvalue weighted by atomic mass is 10.1. The molecule has 0 aliphatic heterocycles. The highest BCUT2D eigenvalue weighted by atomic mass is 32.1. The van der Waals surface area contributed by atoms with Gasteiger partial charge in [0.25, 0.3) is 0 Å². The summed E-state index contributed by atoms with van der Waals surface area (Å²) in [5.41, 5.74) is 2.96. The highest BCUT2D eigenvalue weighted by Gasteiger charge is 2.09. The number of ether oxygens (including phenoxy) is 1. The third-order valence-corrected chi connectivity index (χ3v) is 4.35. The second kappa shape index (κ2) is 8.37. The van der Waals surface area contributed by atoms with Crippen LogP contribution in [-0.2, 0) is 16.1 Å². The largest absolute Gasteiger partial charge is 0.464 e. The number of aromatic nitrogens is 3. The summed E-state index contributed by atoms with van der Waals surface area (Å²) >= 11 is 1.43. The van der Waals surface area contributed by atoms with Crippen molar-refractivity contribution < 1.29 is 14.3 Å². The highest BCUT2D eigenvalue weighted by Crippen LogP contribution is 2.26. The molecular weight excluding hydrogens is 366 g/mol. The monoisotopic (exact) mass is 383 g/mol. The molecule has 0 fully saturated rings. The number of nitrogens with zero attached hydrogens (tertiary/aromatic N) is 3. The molecule has 2 heterocycles. The van der Waals surface area contributed by atoms with E-state index in [1.807, 2.05) is 29.6 Å². The van der Waals surface area contributed by atoms with Gasteiger partial charge in [-0.3, -0.25) is 4.79 Å².